The van der Waals surface area contributed by atoms with Crippen molar-refractivity contribution < 1.29 is 12.8 Å². The van der Waals surface area contributed by atoms with Crippen LogP contribution in [0, 0.1) is 12.7 Å². The maximum atomic E-state index is 13.7. The first kappa shape index (κ1) is 15.6. The van der Waals surface area contributed by atoms with E-state index in [0.717, 1.165) is 25.3 Å². The molecule has 7 heteroatoms. The molecule has 1 aliphatic rings. The Morgan fingerprint density at radius 2 is 2.10 bits per heavy atom. The van der Waals surface area contributed by atoms with Gasteiger partial charge in [0.05, 0.1) is 4.90 Å². The fraction of sp³-hybridized carbons (Fsp3) is 0.538. The number of halogens is 1. The summed E-state index contributed by atoms with van der Waals surface area (Å²) in [6.45, 7) is 1.52. The molecule has 112 valence electrons. The largest absolute Gasteiger partial charge is 0.398 e. The normalized spacial score (nSPS) is 23.1. The molecule has 0 saturated heterocycles. The average Bonchev–Trinajstić information content (AvgIpc) is 2.81. The van der Waals surface area contributed by atoms with Crippen molar-refractivity contribution in [3.63, 3.8) is 0 Å². The summed E-state index contributed by atoms with van der Waals surface area (Å²) in [5.74, 6) is -0.599. The molecule has 1 saturated carbocycles. The first-order valence-electron chi connectivity index (χ1n) is 6.46. The molecular weight excluding hydrogens is 299 g/mol. The van der Waals surface area contributed by atoms with E-state index in [1.165, 1.54) is 13.0 Å². The van der Waals surface area contributed by atoms with Crippen molar-refractivity contribution in [2.75, 3.05) is 12.0 Å². The molecule has 0 amide bonds. The van der Waals surface area contributed by atoms with Crippen LogP contribution >= 0.6 is 11.8 Å². The second kappa shape index (κ2) is 5.91. The molecule has 2 atom stereocenters. The van der Waals surface area contributed by atoms with Crippen molar-refractivity contribution >= 4 is 27.5 Å². The minimum absolute atomic E-state index is 0.0967. The molecule has 2 rings (SSSR count). The summed E-state index contributed by atoms with van der Waals surface area (Å²) in [6, 6.07) is 2.24. The highest BCUT2D eigenvalue weighted by Crippen LogP contribution is 2.30. The van der Waals surface area contributed by atoms with Gasteiger partial charge in [-0.3, -0.25) is 0 Å². The molecule has 1 aliphatic carbocycles. The van der Waals surface area contributed by atoms with Crippen LogP contribution in [0.3, 0.4) is 0 Å². The van der Waals surface area contributed by atoms with Crippen LogP contribution in [0.15, 0.2) is 17.0 Å². The number of benzene rings is 1. The lowest BCUT2D eigenvalue weighted by Crippen LogP contribution is -2.38. The van der Waals surface area contributed by atoms with Crippen molar-refractivity contribution in [3.8, 4) is 0 Å². The Morgan fingerprint density at radius 1 is 1.40 bits per heavy atom. The van der Waals surface area contributed by atoms with E-state index in [9.17, 15) is 12.8 Å². The highest BCUT2D eigenvalue weighted by Gasteiger charge is 2.31. The monoisotopic (exact) mass is 318 g/mol. The molecule has 0 bridgehead atoms. The van der Waals surface area contributed by atoms with Crippen molar-refractivity contribution in [2.45, 2.75) is 42.4 Å². The van der Waals surface area contributed by atoms with Crippen molar-refractivity contribution in [1.29, 1.82) is 0 Å². The second-order valence-electron chi connectivity index (χ2n) is 5.05. The van der Waals surface area contributed by atoms with Crippen LogP contribution < -0.4 is 10.5 Å². The van der Waals surface area contributed by atoms with E-state index in [0.29, 0.717) is 0 Å². The number of hydrogen-bond acceptors (Lipinski definition) is 4. The average molecular weight is 318 g/mol. The zero-order chi connectivity index (χ0) is 14.9. The maximum absolute atomic E-state index is 13.7. The van der Waals surface area contributed by atoms with Gasteiger partial charge in [-0.25, -0.2) is 17.5 Å². The highest BCUT2D eigenvalue weighted by atomic mass is 32.2. The Balaban J connectivity index is 2.27. The molecular formula is C13H19FN2O2S2. The molecule has 0 heterocycles. The first-order chi connectivity index (χ1) is 9.35. The standard InChI is InChI=1S/C13H19FN2O2S2/c1-8-10(14)6-9(7-11(8)15)20(17,18)16-12-4-3-5-13(12)19-2/h6-7,12-13,16H,3-5,15H2,1-2H3. The third-order valence-corrected chi connectivity index (χ3v) is 6.37. The van der Waals surface area contributed by atoms with E-state index in [1.807, 2.05) is 6.26 Å². The van der Waals surface area contributed by atoms with Gasteiger partial charge in [-0.1, -0.05) is 6.42 Å². The Kier molecular flexibility index (Phi) is 4.61. The maximum Gasteiger partial charge on any atom is 0.241 e. The van der Waals surface area contributed by atoms with E-state index < -0.39 is 15.8 Å². The predicted octanol–water partition coefficient (Wildman–Crippen LogP) is 2.28. The minimum atomic E-state index is -3.73. The van der Waals surface area contributed by atoms with Crippen LogP contribution in [0.5, 0.6) is 0 Å². The third-order valence-electron chi connectivity index (χ3n) is 3.73. The molecule has 4 nitrogen and oxygen atoms in total. The van der Waals surface area contributed by atoms with Crippen LogP contribution in [-0.2, 0) is 10.0 Å². The number of anilines is 1. The lowest BCUT2D eigenvalue weighted by Gasteiger charge is -2.19. The summed E-state index contributed by atoms with van der Waals surface area (Å²) in [5.41, 5.74) is 6.06. The summed E-state index contributed by atoms with van der Waals surface area (Å²) in [5, 5.41) is 0.275. The summed E-state index contributed by atoms with van der Waals surface area (Å²) in [6.07, 6.45) is 4.79. The van der Waals surface area contributed by atoms with Gasteiger partial charge < -0.3 is 5.73 Å². The Morgan fingerprint density at radius 3 is 2.70 bits per heavy atom. The van der Waals surface area contributed by atoms with E-state index in [-0.39, 0.29) is 27.4 Å². The predicted molar refractivity (Wildman–Crippen MR) is 80.8 cm³/mol. The molecule has 2 unspecified atom stereocenters. The Labute approximate surface area is 123 Å². The molecule has 3 N–H and O–H groups in total. The van der Waals surface area contributed by atoms with E-state index in [1.54, 1.807) is 11.8 Å². The number of nitrogens with two attached hydrogens (primary N) is 1. The van der Waals surface area contributed by atoms with Gasteiger partial charge in [0.2, 0.25) is 10.0 Å². The summed E-state index contributed by atoms with van der Waals surface area (Å²) in [7, 11) is -3.73. The lowest BCUT2D eigenvalue weighted by molar-refractivity contribution is 0.552. The summed E-state index contributed by atoms with van der Waals surface area (Å²) in [4.78, 5) is -0.107. The Bertz CT molecular complexity index is 581. The van der Waals surface area contributed by atoms with Crippen LogP contribution in [-0.4, -0.2) is 26.0 Å². The third kappa shape index (κ3) is 3.10. The van der Waals surface area contributed by atoms with E-state index >= 15 is 0 Å². The molecule has 20 heavy (non-hydrogen) atoms. The number of thioether (sulfide) groups is 1. The fourth-order valence-corrected chi connectivity index (χ4v) is 4.82. The molecule has 1 aromatic carbocycles. The summed E-state index contributed by atoms with van der Waals surface area (Å²) >= 11 is 1.66. The summed E-state index contributed by atoms with van der Waals surface area (Å²) < 4.78 is 41.0. The molecule has 0 aromatic heterocycles. The second-order valence-corrected chi connectivity index (χ2v) is 7.84. The number of sulfonamides is 1. The fourth-order valence-electron chi connectivity index (χ4n) is 2.44. The molecule has 1 fully saturated rings. The zero-order valence-corrected chi connectivity index (χ0v) is 13.2. The highest BCUT2D eigenvalue weighted by molar-refractivity contribution is 7.99. The van der Waals surface area contributed by atoms with E-state index in [4.69, 9.17) is 5.73 Å². The SMILES string of the molecule is CSC1CCCC1NS(=O)(=O)c1cc(N)c(C)c(F)c1. The van der Waals surface area contributed by atoms with Gasteiger partial charge in [-0.2, -0.15) is 11.8 Å². The minimum Gasteiger partial charge on any atom is -0.398 e. The van der Waals surface area contributed by atoms with Gasteiger partial charge in [0.15, 0.2) is 0 Å². The van der Waals surface area contributed by atoms with Crippen LogP contribution in [0.2, 0.25) is 0 Å². The topological polar surface area (TPSA) is 72.2 Å². The number of nitrogen functional groups attached to an aromatic ring is 1. The molecule has 0 radical (unpaired) electrons. The van der Waals surface area contributed by atoms with Crippen LogP contribution in [0.25, 0.3) is 0 Å². The first-order valence-corrected chi connectivity index (χ1v) is 9.23. The number of nitrogens with one attached hydrogen (secondary N) is 1. The molecule has 1 aromatic rings. The van der Waals surface area contributed by atoms with Gasteiger partial charge in [-0.05, 0) is 38.2 Å². The van der Waals surface area contributed by atoms with Crippen molar-refractivity contribution in [1.82, 2.24) is 4.72 Å². The lowest BCUT2D eigenvalue weighted by atomic mass is 10.2. The van der Waals surface area contributed by atoms with Gasteiger partial charge in [0.25, 0.3) is 0 Å². The van der Waals surface area contributed by atoms with Crippen molar-refractivity contribution in [3.05, 3.63) is 23.5 Å². The number of rotatable bonds is 4. The van der Waals surface area contributed by atoms with Gasteiger partial charge >= 0.3 is 0 Å². The number of hydrogen-bond donors (Lipinski definition) is 2. The molecule has 0 spiro atoms. The Hall–Kier alpha value is -0.790. The van der Waals surface area contributed by atoms with Crippen LogP contribution in [0.1, 0.15) is 24.8 Å². The zero-order valence-electron chi connectivity index (χ0n) is 11.5. The van der Waals surface area contributed by atoms with Gasteiger partial charge in [-0.15, -0.1) is 0 Å². The van der Waals surface area contributed by atoms with Crippen LogP contribution in [0.4, 0.5) is 10.1 Å². The van der Waals surface area contributed by atoms with E-state index in [2.05, 4.69) is 4.72 Å². The van der Waals surface area contributed by atoms with Gasteiger partial charge in [0, 0.05) is 22.5 Å². The molecule has 0 aliphatic heterocycles. The quantitative estimate of drug-likeness (QED) is 0.836. The van der Waals surface area contributed by atoms with Crippen molar-refractivity contribution in [2.24, 2.45) is 0 Å². The van der Waals surface area contributed by atoms with Gasteiger partial charge in [0.1, 0.15) is 5.82 Å². The smallest absolute Gasteiger partial charge is 0.241 e.